The Kier molecular flexibility index (Phi) is 8.81. The number of carbonyl (C=O) groups is 1. The van der Waals surface area contributed by atoms with Gasteiger partial charge in [-0.3, -0.25) is 9.79 Å². The molecule has 1 aromatic carbocycles. The molecule has 0 bridgehead atoms. The Balaban J connectivity index is 2.53. The highest BCUT2D eigenvalue weighted by Gasteiger charge is 2.09. The number of ether oxygens (including phenoxy) is 2. The van der Waals surface area contributed by atoms with Gasteiger partial charge in [-0.1, -0.05) is 12.1 Å². The van der Waals surface area contributed by atoms with Gasteiger partial charge in [0.15, 0.2) is 5.96 Å². The number of benzene rings is 1. The Morgan fingerprint density at radius 3 is 2.48 bits per heavy atom. The van der Waals surface area contributed by atoms with Crippen LogP contribution in [0.3, 0.4) is 0 Å². The van der Waals surface area contributed by atoms with Crippen LogP contribution in [0, 0.1) is 6.92 Å². The molecule has 0 atom stereocenters. The van der Waals surface area contributed by atoms with Gasteiger partial charge in [-0.15, -0.1) is 0 Å². The summed E-state index contributed by atoms with van der Waals surface area (Å²) >= 11 is 0. The van der Waals surface area contributed by atoms with E-state index in [1.165, 1.54) is 0 Å². The summed E-state index contributed by atoms with van der Waals surface area (Å²) in [5.41, 5.74) is 2.21. The number of hydrogen-bond donors (Lipinski definition) is 2. The number of guanidine groups is 1. The van der Waals surface area contributed by atoms with Crippen LogP contribution >= 0.6 is 0 Å². The zero-order chi connectivity index (χ0) is 18.8. The van der Waals surface area contributed by atoms with Crippen LogP contribution in [0.4, 0.5) is 0 Å². The summed E-state index contributed by atoms with van der Waals surface area (Å²) in [6.45, 7) is 10.8. The van der Waals surface area contributed by atoms with Gasteiger partial charge in [-0.05, 0) is 46.2 Å². The van der Waals surface area contributed by atoms with E-state index in [4.69, 9.17) is 9.47 Å². The second kappa shape index (κ2) is 10.6. The lowest BCUT2D eigenvalue weighted by molar-refractivity contribution is -0.147. The molecule has 0 heterocycles. The van der Waals surface area contributed by atoms with E-state index in [-0.39, 0.29) is 18.2 Å². The first-order valence-electron chi connectivity index (χ1n) is 8.72. The van der Waals surface area contributed by atoms with E-state index in [2.05, 4.69) is 21.7 Å². The lowest BCUT2D eigenvalue weighted by Gasteiger charge is -2.17. The van der Waals surface area contributed by atoms with Crippen LogP contribution in [0.1, 0.15) is 45.2 Å². The third kappa shape index (κ3) is 8.42. The maximum Gasteiger partial charge on any atom is 0.307 e. The highest BCUT2D eigenvalue weighted by Crippen LogP contribution is 2.21. The zero-order valence-corrected chi connectivity index (χ0v) is 16.2. The maximum absolute atomic E-state index is 11.5. The average molecular weight is 349 g/mol. The Morgan fingerprint density at radius 2 is 1.88 bits per heavy atom. The van der Waals surface area contributed by atoms with Crippen LogP contribution < -0.4 is 15.4 Å². The number of nitrogens with one attached hydrogen (secondary N) is 2. The zero-order valence-electron chi connectivity index (χ0n) is 16.2. The fraction of sp³-hybridized carbons (Fsp3) is 0.579. The quantitative estimate of drug-likeness (QED) is 0.429. The van der Waals surface area contributed by atoms with Gasteiger partial charge in [0.05, 0.1) is 18.6 Å². The lowest BCUT2D eigenvalue weighted by Crippen LogP contribution is -2.38. The minimum atomic E-state index is -0.218. The van der Waals surface area contributed by atoms with Crippen molar-refractivity contribution in [1.29, 1.82) is 0 Å². The van der Waals surface area contributed by atoms with Gasteiger partial charge in [0.2, 0.25) is 0 Å². The molecular formula is C19H31N3O3. The molecule has 0 amide bonds. The number of aliphatic imine (C=N–C) groups is 1. The molecule has 0 radical (unpaired) electrons. The molecule has 0 saturated carbocycles. The van der Waals surface area contributed by atoms with Crippen molar-refractivity contribution < 1.29 is 14.3 Å². The molecule has 25 heavy (non-hydrogen) atoms. The third-order valence-corrected chi connectivity index (χ3v) is 3.24. The number of rotatable bonds is 8. The van der Waals surface area contributed by atoms with Crippen molar-refractivity contribution in [2.45, 2.75) is 59.8 Å². The van der Waals surface area contributed by atoms with Crippen molar-refractivity contribution in [3.8, 4) is 5.75 Å². The standard InChI is InChI=1S/C19H31N3O3/c1-13(2)24-17-11-15(5)7-8-16(17)12-22-19(20-6)21-10-9-18(23)25-14(3)4/h7-8,11,13-14H,9-10,12H2,1-6H3,(H2,20,21,22). The van der Waals surface area contributed by atoms with E-state index in [0.29, 0.717) is 25.5 Å². The van der Waals surface area contributed by atoms with E-state index < -0.39 is 0 Å². The average Bonchev–Trinajstić information content (AvgIpc) is 2.50. The summed E-state index contributed by atoms with van der Waals surface area (Å²) < 4.78 is 11.0. The van der Waals surface area contributed by atoms with Crippen LogP contribution in [0.25, 0.3) is 0 Å². The second-order valence-electron chi connectivity index (χ2n) is 6.42. The fourth-order valence-corrected chi connectivity index (χ4v) is 2.18. The molecule has 6 nitrogen and oxygen atoms in total. The van der Waals surface area contributed by atoms with Gasteiger partial charge >= 0.3 is 5.97 Å². The highest BCUT2D eigenvalue weighted by molar-refractivity contribution is 5.80. The number of aryl methyl sites for hydroxylation is 1. The monoisotopic (exact) mass is 349 g/mol. The van der Waals surface area contributed by atoms with Crippen LogP contribution in [0.5, 0.6) is 5.75 Å². The van der Waals surface area contributed by atoms with Gasteiger partial charge in [-0.2, -0.15) is 0 Å². The number of nitrogens with zero attached hydrogens (tertiary/aromatic N) is 1. The molecule has 0 saturated heterocycles. The molecule has 0 fully saturated rings. The van der Waals surface area contributed by atoms with Gasteiger partial charge in [0.1, 0.15) is 5.75 Å². The Labute approximate surface area is 151 Å². The van der Waals surface area contributed by atoms with Gasteiger partial charge < -0.3 is 20.1 Å². The molecular weight excluding hydrogens is 318 g/mol. The first-order chi connectivity index (χ1) is 11.8. The van der Waals surface area contributed by atoms with E-state index in [1.54, 1.807) is 7.05 Å². The molecule has 0 aliphatic rings. The first-order valence-corrected chi connectivity index (χ1v) is 8.72. The predicted octanol–water partition coefficient (Wildman–Crippen LogP) is 2.79. The smallest absolute Gasteiger partial charge is 0.307 e. The minimum absolute atomic E-state index is 0.0918. The predicted molar refractivity (Wildman–Crippen MR) is 101 cm³/mol. The number of esters is 1. The fourth-order valence-electron chi connectivity index (χ4n) is 2.18. The van der Waals surface area contributed by atoms with Crippen molar-refractivity contribution >= 4 is 11.9 Å². The molecule has 1 rings (SSSR count). The summed E-state index contributed by atoms with van der Waals surface area (Å²) in [6.07, 6.45) is 0.321. The van der Waals surface area contributed by atoms with Crippen molar-refractivity contribution in [3.63, 3.8) is 0 Å². The van der Waals surface area contributed by atoms with Crippen LogP contribution in [-0.4, -0.2) is 37.7 Å². The highest BCUT2D eigenvalue weighted by atomic mass is 16.5. The van der Waals surface area contributed by atoms with Crippen LogP contribution in [0.2, 0.25) is 0 Å². The molecule has 0 aliphatic heterocycles. The summed E-state index contributed by atoms with van der Waals surface area (Å²) in [5.74, 6) is 1.29. The van der Waals surface area contributed by atoms with E-state index in [0.717, 1.165) is 16.9 Å². The summed E-state index contributed by atoms with van der Waals surface area (Å²) in [7, 11) is 1.70. The summed E-state index contributed by atoms with van der Waals surface area (Å²) in [6, 6.07) is 6.14. The Morgan fingerprint density at radius 1 is 1.16 bits per heavy atom. The third-order valence-electron chi connectivity index (χ3n) is 3.24. The first kappa shape index (κ1) is 20.8. The van der Waals surface area contributed by atoms with Crippen molar-refractivity contribution in [1.82, 2.24) is 10.6 Å². The van der Waals surface area contributed by atoms with E-state index >= 15 is 0 Å². The topological polar surface area (TPSA) is 72.0 Å². The minimum Gasteiger partial charge on any atom is -0.491 e. The van der Waals surface area contributed by atoms with E-state index in [1.807, 2.05) is 46.8 Å². The SMILES string of the molecule is CN=C(NCCC(=O)OC(C)C)NCc1ccc(C)cc1OC(C)C. The molecule has 0 aromatic heterocycles. The molecule has 0 spiro atoms. The largest absolute Gasteiger partial charge is 0.491 e. The van der Waals surface area contributed by atoms with Crippen LogP contribution in [0.15, 0.2) is 23.2 Å². The lowest BCUT2D eigenvalue weighted by atomic mass is 10.1. The molecule has 2 N–H and O–H groups in total. The molecule has 0 unspecified atom stereocenters. The molecule has 140 valence electrons. The van der Waals surface area contributed by atoms with Gasteiger partial charge in [-0.25, -0.2) is 0 Å². The van der Waals surface area contributed by atoms with Crippen molar-refractivity contribution in [2.75, 3.05) is 13.6 Å². The Bertz CT molecular complexity index is 583. The van der Waals surface area contributed by atoms with Gasteiger partial charge in [0, 0.05) is 25.7 Å². The van der Waals surface area contributed by atoms with Crippen molar-refractivity contribution in [2.24, 2.45) is 4.99 Å². The maximum atomic E-state index is 11.5. The molecule has 1 aromatic rings. The number of carbonyl (C=O) groups excluding carboxylic acids is 1. The van der Waals surface area contributed by atoms with Crippen LogP contribution in [-0.2, 0) is 16.1 Å². The van der Waals surface area contributed by atoms with Crippen molar-refractivity contribution in [3.05, 3.63) is 29.3 Å². The second-order valence-corrected chi connectivity index (χ2v) is 6.42. The molecule has 0 aliphatic carbocycles. The van der Waals surface area contributed by atoms with E-state index in [9.17, 15) is 4.79 Å². The Hall–Kier alpha value is -2.24. The summed E-state index contributed by atoms with van der Waals surface area (Å²) in [5, 5.41) is 6.35. The molecule has 6 heteroatoms. The summed E-state index contributed by atoms with van der Waals surface area (Å²) in [4.78, 5) is 15.7. The van der Waals surface area contributed by atoms with Gasteiger partial charge in [0.25, 0.3) is 0 Å². The number of hydrogen-bond acceptors (Lipinski definition) is 4. The normalized spacial score (nSPS) is 11.6.